The Morgan fingerprint density at radius 2 is 2.21 bits per heavy atom. The lowest BCUT2D eigenvalue weighted by molar-refractivity contribution is -0.119. The topological polar surface area (TPSA) is 41.6 Å². The van der Waals surface area contributed by atoms with E-state index in [4.69, 9.17) is 4.74 Å². The number of fused-ring (bicyclic) bond motifs is 1. The molecule has 1 N–H and O–H groups in total. The first-order valence-corrected chi connectivity index (χ1v) is 6.82. The molecule has 1 aromatic rings. The summed E-state index contributed by atoms with van der Waals surface area (Å²) in [5, 5.41) is 3.49. The van der Waals surface area contributed by atoms with Gasteiger partial charge in [0, 0.05) is 37.8 Å². The van der Waals surface area contributed by atoms with Gasteiger partial charge >= 0.3 is 0 Å². The van der Waals surface area contributed by atoms with Crippen LogP contribution in [0.4, 0.5) is 5.69 Å². The van der Waals surface area contributed by atoms with E-state index in [0.29, 0.717) is 13.0 Å². The zero-order valence-corrected chi connectivity index (χ0v) is 11.8. The van der Waals surface area contributed by atoms with Crippen LogP contribution in [-0.2, 0) is 9.53 Å². The first-order chi connectivity index (χ1) is 9.13. The molecule has 1 aliphatic heterocycles. The van der Waals surface area contributed by atoms with Crippen LogP contribution in [-0.4, -0.2) is 32.2 Å². The second kappa shape index (κ2) is 6.17. The summed E-state index contributed by atoms with van der Waals surface area (Å²) in [5.74, 6) is 0.153. The maximum atomic E-state index is 12.0. The SMILES string of the molecule is CCOCC(C)NC1CC(=O)N(C)c2ccccc21. The number of benzene rings is 1. The van der Waals surface area contributed by atoms with Gasteiger partial charge < -0.3 is 15.0 Å². The number of hydrogen-bond donors (Lipinski definition) is 1. The van der Waals surface area contributed by atoms with E-state index < -0.39 is 0 Å². The van der Waals surface area contributed by atoms with E-state index in [-0.39, 0.29) is 18.0 Å². The Morgan fingerprint density at radius 1 is 1.47 bits per heavy atom. The van der Waals surface area contributed by atoms with Crippen LogP contribution in [0.5, 0.6) is 0 Å². The number of nitrogens with one attached hydrogen (secondary N) is 1. The van der Waals surface area contributed by atoms with Gasteiger partial charge in [-0.1, -0.05) is 18.2 Å². The molecule has 0 aromatic heterocycles. The quantitative estimate of drug-likeness (QED) is 0.883. The summed E-state index contributed by atoms with van der Waals surface area (Å²) in [6.07, 6.45) is 0.504. The molecule has 4 nitrogen and oxygen atoms in total. The van der Waals surface area contributed by atoms with Crippen molar-refractivity contribution in [1.82, 2.24) is 5.32 Å². The van der Waals surface area contributed by atoms with E-state index in [1.165, 1.54) is 5.56 Å². The standard InChI is InChI=1S/C15H22N2O2/c1-4-19-10-11(2)16-13-9-15(18)17(3)14-8-6-5-7-12(13)14/h5-8,11,13,16H,4,9-10H2,1-3H3. The molecule has 2 atom stereocenters. The van der Waals surface area contributed by atoms with Crippen molar-refractivity contribution in [2.75, 3.05) is 25.2 Å². The summed E-state index contributed by atoms with van der Waals surface area (Å²) in [5.41, 5.74) is 2.19. The van der Waals surface area contributed by atoms with Crippen molar-refractivity contribution in [3.05, 3.63) is 29.8 Å². The highest BCUT2D eigenvalue weighted by Gasteiger charge is 2.29. The van der Waals surface area contributed by atoms with Crippen LogP contribution in [0, 0.1) is 0 Å². The molecule has 1 heterocycles. The number of carbonyl (C=O) groups is 1. The molecule has 0 spiro atoms. The normalized spacial score (nSPS) is 20.3. The van der Waals surface area contributed by atoms with E-state index in [1.807, 2.05) is 32.2 Å². The maximum Gasteiger partial charge on any atom is 0.228 e. The molecule has 1 aromatic carbocycles. The van der Waals surface area contributed by atoms with E-state index in [1.54, 1.807) is 4.90 Å². The summed E-state index contributed by atoms with van der Waals surface area (Å²) >= 11 is 0. The Labute approximate surface area is 114 Å². The third-order valence-electron chi connectivity index (χ3n) is 3.48. The predicted octanol–water partition coefficient (Wildman–Crippen LogP) is 2.11. The van der Waals surface area contributed by atoms with E-state index in [0.717, 1.165) is 12.3 Å². The molecule has 0 bridgehead atoms. The summed E-state index contributed by atoms with van der Waals surface area (Å²) in [6.45, 7) is 5.45. The molecule has 104 valence electrons. The lowest BCUT2D eigenvalue weighted by atomic mass is 9.95. The Balaban J connectivity index is 2.13. The molecule has 19 heavy (non-hydrogen) atoms. The zero-order valence-electron chi connectivity index (χ0n) is 11.8. The van der Waals surface area contributed by atoms with Crippen molar-refractivity contribution in [1.29, 1.82) is 0 Å². The number of para-hydroxylation sites is 1. The fourth-order valence-corrected chi connectivity index (χ4v) is 2.48. The fourth-order valence-electron chi connectivity index (χ4n) is 2.48. The minimum atomic E-state index is 0.0790. The molecule has 0 saturated heterocycles. The van der Waals surface area contributed by atoms with Crippen molar-refractivity contribution in [2.45, 2.75) is 32.4 Å². The van der Waals surface area contributed by atoms with Gasteiger partial charge in [0.1, 0.15) is 0 Å². The number of carbonyl (C=O) groups excluding carboxylic acids is 1. The van der Waals surface area contributed by atoms with Crippen LogP contribution in [0.3, 0.4) is 0 Å². The highest BCUT2D eigenvalue weighted by molar-refractivity contribution is 5.96. The summed E-state index contributed by atoms with van der Waals surface area (Å²) in [7, 11) is 1.83. The first kappa shape index (κ1) is 14.0. The van der Waals surface area contributed by atoms with Crippen LogP contribution < -0.4 is 10.2 Å². The number of amides is 1. The third kappa shape index (κ3) is 3.14. The number of hydrogen-bond acceptors (Lipinski definition) is 3. The van der Waals surface area contributed by atoms with Crippen molar-refractivity contribution < 1.29 is 9.53 Å². The lowest BCUT2D eigenvalue weighted by Gasteiger charge is -2.33. The van der Waals surface area contributed by atoms with Gasteiger partial charge in [-0.05, 0) is 25.5 Å². The van der Waals surface area contributed by atoms with E-state index in [9.17, 15) is 4.79 Å². The average Bonchev–Trinajstić information content (AvgIpc) is 2.42. The summed E-state index contributed by atoms with van der Waals surface area (Å²) in [4.78, 5) is 13.8. The molecule has 2 rings (SSSR count). The molecular formula is C15H22N2O2. The van der Waals surface area contributed by atoms with Gasteiger partial charge in [-0.3, -0.25) is 4.79 Å². The molecular weight excluding hydrogens is 240 g/mol. The van der Waals surface area contributed by atoms with Gasteiger partial charge in [0.05, 0.1) is 6.61 Å². The molecule has 2 unspecified atom stereocenters. The van der Waals surface area contributed by atoms with Crippen LogP contribution in [0.2, 0.25) is 0 Å². The Morgan fingerprint density at radius 3 is 2.95 bits per heavy atom. The maximum absolute atomic E-state index is 12.0. The molecule has 1 aliphatic rings. The van der Waals surface area contributed by atoms with Gasteiger partial charge in [-0.25, -0.2) is 0 Å². The van der Waals surface area contributed by atoms with Crippen molar-refractivity contribution >= 4 is 11.6 Å². The Bertz CT molecular complexity index is 448. The van der Waals surface area contributed by atoms with Crippen LogP contribution in [0.1, 0.15) is 31.9 Å². The van der Waals surface area contributed by atoms with Gasteiger partial charge in [-0.2, -0.15) is 0 Å². The van der Waals surface area contributed by atoms with Crippen LogP contribution in [0.25, 0.3) is 0 Å². The third-order valence-corrected chi connectivity index (χ3v) is 3.48. The van der Waals surface area contributed by atoms with Crippen molar-refractivity contribution in [2.24, 2.45) is 0 Å². The molecule has 0 radical (unpaired) electrons. The Kier molecular flexibility index (Phi) is 4.56. The van der Waals surface area contributed by atoms with Crippen molar-refractivity contribution in [3.63, 3.8) is 0 Å². The van der Waals surface area contributed by atoms with E-state index in [2.05, 4.69) is 18.3 Å². The van der Waals surface area contributed by atoms with Crippen LogP contribution >= 0.6 is 0 Å². The largest absolute Gasteiger partial charge is 0.380 e. The number of rotatable bonds is 5. The number of ether oxygens (including phenoxy) is 1. The molecule has 0 saturated carbocycles. The fraction of sp³-hybridized carbons (Fsp3) is 0.533. The first-order valence-electron chi connectivity index (χ1n) is 6.82. The summed E-state index contributed by atoms with van der Waals surface area (Å²) < 4.78 is 5.41. The van der Waals surface area contributed by atoms with Gasteiger partial charge in [0.15, 0.2) is 0 Å². The lowest BCUT2D eigenvalue weighted by Crippen LogP contribution is -2.41. The van der Waals surface area contributed by atoms with Crippen LogP contribution in [0.15, 0.2) is 24.3 Å². The summed E-state index contributed by atoms with van der Waals surface area (Å²) in [6, 6.07) is 8.38. The highest BCUT2D eigenvalue weighted by Crippen LogP contribution is 2.33. The van der Waals surface area contributed by atoms with Gasteiger partial charge in [-0.15, -0.1) is 0 Å². The highest BCUT2D eigenvalue weighted by atomic mass is 16.5. The second-order valence-corrected chi connectivity index (χ2v) is 5.00. The molecule has 4 heteroatoms. The van der Waals surface area contributed by atoms with Gasteiger partial charge in [0.25, 0.3) is 0 Å². The predicted molar refractivity (Wildman–Crippen MR) is 76.3 cm³/mol. The average molecular weight is 262 g/mol. The van der Waals surface area contributed by atoms with E-state index >= 15 is 0 Å². The monoisotopic (exact) mass is 262 g/mol. The minimum Gasteiger partial charge on any atom is -0.380 e. The van der Waals surface area contributed by atoms with Gasteiger partial charge in [0.2, 0.25) is 5.91 Å². The number of anilines is 1. The molecule has 0 fully saturated rings. The molecule has 1 amide bonds. The smallest absolute Gasteiger partial charge is 0.228 e. The minimum absolute atomic E-state index is 0.0790. The van der Waals surface area contributed by atoms with Crippen molar-refractivity contribution in [3.8, 4) is 0 Å². The second-order valence-electron chi connectivity index (χ2n) is 5.00. The zero-order chi connectivity index (χ0) is 13.8. The Hall–Kier alpha value is -1.39. The molecule has 0 aliphatic carbocycles. The number of nitrogens with zero attached hydrogens (tertiary/aromatic N) is 1.